The van der Waals surface area contributed by atoms with Crippen LogP contribution in [0.1, 0.15) is 38.2 Å². The van der Waals surface area contributed by atoms with E-state index >= 15 is 0 Å². The number of hydrogen-bond donors (Lipinski definition) is 9. The molecule has 5 atom stereocenters. The lowest BCUT2D eigenvalue weighted by Crippen LogP contribution is -2.58. The zero-order valence-corrected chi connectivity index (χ0v) is 21.7. The number of amides is 4. The third kappa shape index (κ3) is 9.35. The van der Waals surface area contributed by atoms with Crippen molar-refractivity contribution in [2.45, 2.75) is 69.3 Å². The second kappa shape index (κ2) is 14.8. The number of benzene rings is 1. The van der Waals surface area contributed by atoms with Crippen molar-refractivity contribution in [2.24, 2.45) is 17.2 Å². The first kappa shape index (κ1) is 31.2. The molecule has 2 rings (SSSR count). The van der Waals surface area contributed by atoms with Gasteiger partial charge in [-0.3, -0.25) is 19.2 Å². The molecule has 14 heteroatoms. The normalized spacial score (nSPS) is 15.0. The van der Waals surface area contributed by atoms with Gasteiger partial charge in [-0.05, 0) is 44.4 Å². The molecule has 39 heavy (non-hydrogen) atoms. The molecule has 5 unspecified atom stereocenters. The number of nitrogens with two attached hydrogens (primary N) is 3. The zero-order chi connectivity index (χ0) is 29.1. The molecule has 12 N–H and O–H groups in total. The van der Waals surface area contributed by atoms with Crippen LogP contribution in [-0.4, -0.2) is 81.6 Å². The number of H-pyrrole nitrogens is 1. The maximum absolute atomic E-state index is 13.3. The van der Waals surface area contributed by atoms with Crippen molar-refractivity contribution in [3.8, 4) is 0 Å². The highest BCUT2D eigenvalue weighted by Gasteiger charge is 2.32. The molecule has 2 aromatic rings. The second-order valence-electron chi connectivity index (χ2n) is 9.31. The van der Waals surface area contributed by atoms with Crippen molar-refractivity contribution < 1.29 is 34.2 Å². The van der Waals surface area contributed by atoms with Gasteiger partial charge in [0, 0.05) is 23.5 Å². The Labute approximate surface area is 225 Å². The van der Waals surface area contributed by atoms with Crippen LogP contribution >= 0.6 is 0 Å². The minimum absolute atomic E-state index is 0.0294. The second-order valence-corrected chi connectivity index (χ2v) is 9.31. The average molecular weight is 548 g/mol. The Kier molecular flexibility index (Phi) is 11.8. The first-order valence-electron chi connectivity index (χ1n) is 12.6. The number of hydrogen-bond acceptors (Lipinski definition) is 8. The maximum Gasteiger partial charge on any atom is 0.328 e. The van der Waals surface area contributed by atoms with Crippen LogP contribution in [0.2, 0.25) is 0 Å². The molecule has 0 aliphatic rings. The number of nitrogens with one attached hydrogen (secondary N) is 4. The Morgan fingerprint density at radius 2 is 1.62 bits per heavy atom. The number of aromatic nitrogens is 1. The Balaban J connectivity index is 2.31. The highest BCUT2D eigenvalue weighted by atomic mass is 16.4. The van der Waals surface area contributed by atoms with Crippen LogP contribution < -0.4 is 33.2 Å². The number of unbranched alkanes of at least 4 members (excludes halogenated alkanes) is 1. The van der Waals surface area contributed by atoms with Crippen molar-refractivity contribution in [3.63, 3.8) is 0 Å². The third-order valence-electron chi connectivity index (χ3n) is 6.12. The van der Waals surface area contributed by atoms with Gasteiger partial charge in [-0.2, -0.15) is 0 Å². The monoisotopic (exact) mass is 547 g/mol. The van der Waals surface area contributed by atoms with E-state index in [1.54, 1.807) is 12.3 Å². The Morgan fingerprint density at radius 3 is 2.23 bits per heavy atom. The molecule has 14 nitrogen and oxygen atoms in total. The van der Waals surface area contributed by atoms with E-state index in [1.165, 1.54) is 6.92 Å². The van der Waals surface area contributed by atoms with E-state index in [0.717, 1.165) is 10.9 Å². The fourth-order valence-electron chi connectivity index (χ4n) is 3.99. The van der Waals surface area contributed by atoms with Gasteiger partial charge in [0.25, 0.3) is 0 Å². The molecule has 1 aromatic carbocycles. The van der Waals surface area contributed by atoms with Gasteiger partial charge in [0.15, 0.2) is 6.04 Å². The summed E-state index contributed by atoms with van der Waals surface area (Å²) in [6.07, 6.45) is 0.979. The highest BCUT2D eigenvalue weighted by molar-refractivity contribution is 5.95. The molecule has 1 aromatic heterocycles. The molecular formula is C25H37N7O7. The maximum atomic E-state index is 13.3. The summed E-state index contributed by atoms with van der Waals surface area (Å²) in [5, 5.41) is 27.4. The topological polar surface area (TPSA) is 256 Å². The van der Waals surface area contributed by atoms with E-state index in [0.29, 0.717) is 24.9 Å². The third-order valence-corrected chi connectivity index (χ3v) is 6.12. The summed E-state index contributed by atoms with van der Waals surface area (Å²) < 4.78 is 0. The van der Waals surface area contributed by atoms with E-state index in [9.17, 15) is 34.2 Å². The summed E-state index contributed by atoms with van der Waals surface area (Å²) in [5.41, 5.74) is 17.8. The number of rotatable bonds is 16. The van der Waals surface area contributed by atoms with E-state index in [-0.39, 0.29) is 12.8 Å². The molecule has 1 heterocycles. The van der Waals surface area contributed by atoms with Crippen LogP contribution in [0.25, 0.3) is 10.9 Å². The van der Waals surface area contributed by atoms with Crippen molar-refractivity contribution in [1.82, 2.24) is 20.9 Å². The number of aliphatic hydroxyl groups is 1. The van der Waals surface area contributed by atoms with E-state index in [2.05, 4.69) is 20.9 Å². The minimum atomic E-state index is -1.62. The Bertz CT molecular complexity index is 1170. The lowest BCUT2D eigenvalue weighted by Gasteiger charge is -2.26. The Hall–Kier alpha value is -4.01. The van der Waals surface area contributed by atoms with Crippen LogP contribution in [0.15, 0.2) is 30.5 Å². The summed E-state index contributed by atoms with van der Waals surface area (Å²) in [6.45, 7) is 1.57. The summed E-state index contributed by atoms with van der Waals surface area (Å²) in [6, 6.07) is 1.99. The number of aromatic amines is 1. The van der Waals surface area contributed by atoms with Crippen molar-refractivity contribution >= 4 is 40.5 Å². The van der Waals surface area contributed by atoms with E-state index in [4.69, 9.17) is 17.2 Å². The van der Waals surface area contributed by atoms with Gasteiger partial charge in [0.05, 0.1) is 18.6 Å². The van der Waals surface area contributed by atoms with Gasteiger partial charge < -0.3 is 48.3 Å². The molecule has 0 aliphatic heterocycles. The smallest absolute Gasteiger partial charge is 0.328 e. The first-order valence-corrected chi connectivity index (χ1v) is 12.6. The number of para-hydroxylation sites is 1. The van der Waals surface area contributed by atoms with Crippen molar-refractivity contribution in [1.29, 1.82) is 0 Å². The highest BCUT2D eigenvalue weighted by Crippen LogP contribution is 2.19. The SMILES string of the molecule is CC(O)C(NC(=O)C(Cc1c[nH]c2ccccc12)NC(=O)C(CCCCN)NC(=O)C(N)CC(N)=O)C(=O)O. The van der Waals surface area contributed by atoms with Crippen LogP contribution in [0.5, 0.6) is 0 Å². The number of carbonyl (C=O) groups excluding carboxylic acids is 4. The number of carboxylic acids is 1. The number of primary amides is 1. The van der Waals surface area contributed by atoms with Gasteiger partial charge in [-0.25, -0.2) is 4.79 Å². The first-order chi connectivity index (χ1) is 18.4. The number of carbonyl (C=O) groups is 5. The van der Waals surface area contributed by atoms with E-state index in [1.807, 2.05) is 18.2 Å². The molecule has 214 valence electrons. The quantitative estimate of drug-likeness (QED) is 0.105. The molecule has 0 bridgehead atoms. The average Bonchev–Trinajstić information content (AvgIpc) is 3.28. The van der Waals surface area contributed by atoms with Gasteiger partial charge in [-0.15, -0.1) is 0 Å². The molecule has 0 radical (unpaired) electrons. The molecular weight excluding hydrogens is 510 g/mol. The molecule has 4 amide bonds. The predicted octanol–water partition coefficient (Wildman–Crippen LogP) is -2.04. The number of aliphatic carboxylic acids is 1. The van der Waals surface area contributed by atoms with Crippen LogP contribution in [0.4, 0.5) is 0 Å². The predicted molar refractivity (Wildman–Crippen MR) is 142 cm³/mol. The van der Waals surface area contributed by atoms with Gasteiger partial charge in [0.2, 0.25) is 23.6 Å². The fraction of sp³-hybridized carbons (Fsp3) is 0.480. The summed E-state index contributed by atoms with van der Waals surface area (Å²) in [5.74, 6) is -4.59. The lowest BCUT2D eigenvalue weighted by atomic mass is 10.0. The molecule has 0 aliphatic carbocycles. The zero-order valence-electron chi connectivity index (χ0n) is 21.7. The summed E-state index contributed by atoms with van der Waals surface area (Å²) >= 11 is 0. The fourth-order valence-corrected chi connectivity index (χ4v) is 3.99. The van der Waals surface area contributed by atoms with Crippen LogP contribution in [0, 0.1) is 0 Å². The summed E-state index contributed by atoms with van der Waals surface area (Å²) in [7, 11) is 0. The Morgan fingerprint density at radius 1 is 0.974 bits per heavy atom. The van der Waals surface area contributed by atoms with Crippen molar-refractivity contribution in [3.05, 3.63) is 36.0 Å². The molecule has 0 saturated heterocycles. The summed E-state index contributed by atoms with van der Waals surface area (Å²) in [4.78, 5) is 64.9. The largest absolute Gasteiger partial charge is 0.480 e. The molecule has 0 fully saturated rings. The number of fused-ring (bicyclic) bond motifs is 1. The van der Waals surface area contributed by atoms with Gasteiger partial charge in [-0.1, -0.05) is 18.2 Å². The minimum Gasteiger partial charge on any atom is -0.480 e. The number of aliphatic hydroxyl groups excluding tert-OH is 1. The van der Waals surface area contributed by atoms with Crippen LogP contribution in [-0.2, 0) is 30.4 Å². The number of carboxylic acid groups (broad SMARTS) is 1. The van der Waals surface area contributed by atoms with E-state index < -0.39 is 66.3 Å². The van der Waals surface area contributed by atoms with Gasteiger partial charge >= 0.3 is 5.97 Å². The molecule has 0 spiro atoms. The van der Waals surface area contributed by atoms with Crippen molar-refractivity contribution in [2.75, 3.05) is 6.54 Å². The lowest BCUT2D eigenvalue weighted by molar-refractivity contribution is -0.145. The molecule has 0 saturated carbocycles. The van der Waals surface area contributed by atoms with Crippen LogP contribution in [0.3, 0.4) is 0 Å². The standard InChI is InChI=1S/C25H37N7O7/c1-13(33)21(25(38)39)32-24(37)19(10-14-12-29-17-7-3-2-6-15(14)17)31-23(36)18(8-4-5-9-26)30-22(35)16(27)11-20(28)34/h2-3,6-7,12-13,16,18-19,21,29,33H,4-5,8-11,26-27H2,1H3,(H2,28,34)(H,30,35)(H,31,36)(H,32,37)(H,38,39). The van der Waals surface area contributed by atoms with Gasteiger partial charge in [0.1, 0.15) is 12.1 Å².